The van der Waals surface area contributed by atoms with Crippen molar-refractivity contribution in [3.8, 4) is 0 Å². The average Bonchev–Trinajstić information content (AvgIpc) is 3.25. The van der Waals surface area contributed by atoms with E-state index in [2.05, 4.69) is 10.3 Å². The number of esters is 1. The molecule has 0 saturated carbocycles. The van der Waals surface area contributed by atoms with Crippen LogP contribution in [0.5, 0.6) is 0 Å². The number of aromatic nitrogens is 1. The molecule has 1 aliphatic heterocycles. The number of hydrogen-bond donors (Lipinski definition) is 1. The molecule has 29 heavy (non-hydrogen) atoms. The lowest BCUT2D eigenvalue weighted by molar-refractivity contribution is -0.152. The second-order valence-corrected chi connectivity index (χ2v) is 9.39. The fourth-order valence-corrected chi connectivity index (χ4v) is 3.59. The van der Waals surface area contributed by atoms with Gasteiger partial charge < -0.3 is 19.5 Å². The minimum atomic E-state index is -0.768. The molecule has 0 aliphatic carbocycles. The van der Waals surface area contributed by atoms with Gasteiger partial charge in [0.05, 0.1) is 17.0 Å². The summed E-state index contributed by atoms with van der Waals surface area (Å²) in [5.74, 6) is -1.37. The Morgan fingerprint density at radius 2 is 1.97 bits per heavy atom. The molecular formula is C21H26N2O5S. The van der Waals surface area contributed by atoms with E-state index in [0.717, 1.165) is 0 Å². The fourth-order valence-electron chi connectivity index (χ4n) is 2.70. The van der Waals surface area contributed by atoms with Gasteiger partial charge in [0.1, 0.15) is 6.10 Å². The van der Waals surface area contributed by atoms with E-state index < -0.39 is 29.4 Å². The van der Waals surface area contributed by atoms with Gasteiger partial charge in [-0.3, -0.25) is 4.79 Å². The molecule has 0 bridgehead atoms. The number of carbonyl (C=O) groups is 2. The normalized spacial score (nSPS) is 19.6. The summed E-state index contributed by atoms with van der Waals surface area (Å²) in [7, 11) is 0. The highest BCUT2D eigenvalue weighted by molar-refractivity contribution is 7.15. The fraction of sp³-hybridized carbons (Fsp3) is 0.476. The predicted octanol–water partition coefficient (Wildman–Crippen LogP) is 4.18. The first-order chi connectivity index (χ1) is 13.5. The van der Waals surface area contributed by atoms with Crippen molar-refractivity contribution >= 4 is 28.3 Å². The largest absolute Gasteiger partial charge is 0.450 e. The first-order valence-corrected chi connectivity index (χ1v) is 10.2. The number of hydrogen-bond acceptors (Lipinski definition) is 7. The van der Waals surface area contributed by atoms with Crippen LogP contribution in [0.25, 0.3) is 0 Å². The summed E-state index contributed by atoms with van der Waals surface area (Å²) in [6.45, 7) is 9.38. The van der Waals surface area contributed by atoms with Crippen LogP contribution in [0.15, 0.2) is 36.5 Å². The van der Waals surface area contributed by atoms with Crippen LogP contribution in [0.3, 0.4) is 0 Å². The quantitative estimate of drug-likeness (QED) is 0.733. The Bertz CT molecular complexity index is 873. The maximum absolute atomic E-state index is 12.7. The standard InChI is InChI=1S/C21H26N2O5S/c1-20(2,3)18(25)23-19-22-11-15(29-19)16(14-12-26-21(4,5)28-14)27-17(24)13-9-7-6-8-10-13/h6-11,14,16H,12H2,1-5H3,(H,22,23,25)/t14-,16-/m1/s1. The summed E-state index contributed by atoms with van der Waals surface area (Å²) >= 11 is 1.25. The number of carbonyl (C=O) groups excluding carboxylic acids is 2. The third kappa shape index (κ3) is 5.41. The predicted molar refractivity (Wildman–Crippen MR) is 110 cm³/mol. The van der Waals surface area contributed by atoms with E-state index in [-0.39, 0.29) is 12.5 Å². The number of ether oxygens (including phenoxy) is 3. The number of nitrogens with one attached hydrogen (secondary N) is 1. The summed E-state index contributed by atoms with van der Waals surface area (Å²) in [6, 6.07) is 8.76. The van der Waals surface area contributed by atoms with Crippen molar-refractivity contribution in [3.63, 3.8) is 0 Å². The molecule has 1 N–H and O–H groups in total. The molecule has 156 valence electrons. The third-order valence-electron chi connectivity index (χ3n) is 4.32. The summed E-state index contributed by atoms with van der Waals surface area (Å²) in [4.78, 5) is 29.8. The smallest absolute Gasteiger partial charge is 0.338 e. The summed E-state index contributed by atoms with van der Waals surface area (Å²) in [6.07, 6.45) is 0.409. The molecule has 1 amide bonds. The van der Waals surface area contributed by atoms with Crippen molar-refractivity contribution in [2.45, 2.75) is 52.6 Å². The maximum Gasteiger partial charge on any atom is 0.338 e. The number of rotatable bonds is 5. The van der Waals surface area contributed by atoms with Crippen molar-refractivity contribution in [3.05, 3.63) is 47.0 Å². The Morgan fingerprint density at radius 3 is 2.55 bits per heavy atom. The summed E-state index contributed by atoms with van der Waals surface area (Å²) < 4.78 is 17.4. The summed E-state index contributed by atoms with van der Waals surface area (Å²) in [5, 5.41) is 3.25. The Kier molecular flexibility index (Phi) is 6.07. The van der Waals surface area contributed by atoms with Crippen molar-refractivity contribution in [1.82, 2.24) is 4.98 Å². The van der Waals surface area contributed by atoms with Crippen molar-refractivity contribution in [2.24, 2.45) is 5.41 Å². The van der Waals surface area contributed by atoms with E-state index >= 15 is 0 Å². The van der Waals surface area contributed by atoms with Crippen LogP contribution in [0.4, 0.5) is 5.13 Å². The zero-order valence-corrected chi connectivity index (χ0v) is 18.0. The van der Waals surface area contributed by atoms with Gasteiger partial charge in [-0.2, -0.15) is 0 Å². The topological polar surface area (TPSA) is 86.8 Å². The Labute approximate surface area is 174 Å². The first-order valence-electron chi connectivity index (χ1n) is 9.40. The molecule has 1 saturated heterocycles. The first kappa shape index (κ1) is 21.4. The van der Waals surface area contributed by atoms with Crippen molar-refractivity contribution in [1.29, 1.82) is 0 Å². The molecule has 3 rings (SSSR count). The van der Waals surface area contributed by atoms with Crippen LogP contribution in [0.1, 0.15) is 56.0 Å². The van der Waals surface area contributed by atoms with Gasteiger partial charge in [0, 0.05) is 11.6 Å². The number of thiazole rings is 1. The van der Waals surface area contributed by atoms with E-state index in [1.165, 1.54) is 11.3 Å². The van der Waals surface area contributed by atoms with Crippen LogP contribution in [-0.2, 0) is 19.0 Å². The number of benzene rings is 1. The maximum atomic E-state index is 12.7. The van der Waals surface area contributed by atoms with Crippen LogP contribution in [-0.4, -0.2) is 35.4 Å². The van der Waals surface area contributed by atoms with Crippen LogP contribution in [0.2, 0.25) is 0 Å². The van der Waals surface area contributed by atoms with Crippen LogP contribution < -0.4 is 5.32 Å². The monoisotopic (exact) mass is 418 g/mol. The third-order valence-corrected chi connectivity index (χ3v) is 5.29. The lowest BCUT2D eigenvalue weighted by Crippen LogP contribution is -2.28. The van der Waals surface area contributed by atoms with Gasteiger partial charge in [0.25, 0.3) is 0 Å². The van der Waals surface area contributed by atoms with E-state index in [4.69, 9.17) is 14.2 Å². The zero-order valence-electron chi connectivity index (χ0n) is 17.2. The minimum absolute atomic E-state index is 0.141. The lowest BCUT2D eigenvalue weighted by atomic mass is 9.96. The van der Waals surface area contributed by atoms with Gasteiger partial charge in [-0.15, -0.1) is 0 Å². The van der Waals surface area contributed by atoms with Crippen molar-refractivity contribution in [2.75, 3.05) is 11.9 Å². The Balaban J connectivity index is 1.82. The van der Waals surface area contributed by atoms with Gasteiger partial charge in [-0.1, -0.05) is 50.3 Å². The Hall–Kier alpha value is -2.29. The van der Waals surface area contributed by atoms with Gasteiger partial charge in [0.15, 0.2) is 17.0 Å². The van der Waals surface area contributed by atoms with Gasteiger partial charge in [0.2, 0.25) is 5.91 Å². The van der Waals surface area contributed by atoms with Crippen molar-refractivity contribution < 1.29 is 23.8 Å². The summed E-state index contributed by atoms with van der Waals surface area (Å²) in [5.41, 5.74) is -0.0984. The molecule has 1 aromatic heterocycles. The van der Waals surface area contributed by atoms with E-state index in [1.807, 2.05) is 40.7 Å². The van der Waals surface area contributed by atoms with E-state index in [9.17, 15) is 9.59 Å². The molecule has 2 atom stereocenters. The van der Waals surface area contributed by atoms with Gasteiger partial charge in [-0.05, 0) is 26.0 Å². The minimum Gasteiger partial charge on any atom is -0.450 e. The molecule has 0 unspecified atom stereocenters. The number of amides is 1. The average molecular weight is 419 g/mol. The molecule has 2 heterocycles. The van der Waals surface area contributed by atoms with E-state index in [0.29, 0.717) is 15.6 Å². The van der Waals surface area contributed by atoms with Crippen LogP contribution in [0, 0.1) is 5.41 Å². The second kappa shape index (κ2) is 8.22. The molecule has 0 spiro atoms. The van der Waals surface area contributed by atoms with Gasteiger partial charge >= 0.3 is 5.97 Å². The Morgan fingerprint density at radius 1 is 1.28 bits per heavy atom. The number of anilines is 1. The SMILES string of the molecule is CC1(C)OC[C@H]([C@@H](OC(=O)c2ccccc2)c2cnc(NC(=O)C(C)(C)C)s2)O1. The highest BCUT2D eigenvalue weighted by Crippen LogP contribution is 2.37. The molecule has 2 aromatic rings. The lowest BCUT2D eigenvalue weighted by Gasteiger charge is -2.23. The molecular weight excluding hydrogens is 392 g/mol. The highest BCUT2D eigenvalue weighted by Gasteiger charge is 2.41. The molecule has 1 fully saturated rings. The zero-order chi connectivity index (χ0) is 21.2. The molecule has 8 heteroatoms. The molecule has 0 radical (unpaired) electrons. The van der Waals surface area contributed by atoms with E-state index in [1.54, 1.807) is 30.5 Å². The molecule has 7 nitrogen and oxygen atoms in total. The molecule has 1 aromatic carbocycles. The second-order valence-electron chi connectivity index (χ2n) is 8.33. The highest BCUT2D eigenvalue weighted by atomic mass is 32.1. The molecule has 1 aliphatic rings. The van der Waals surface area contributed by atoms with Crippen LogP contribution >= 0.6 is 11.3 Å². The number of nitrogens with zero attached hydrogens (tertiary/aromatic N) is 1. The van der Waals surface area contributed by atoms with Gasteiger partial charge in [-0.25, -0.2) is 9.78 Å².